The molecule has 0 saturated heterocycles. The van der Waals surface area contributed by atoms with Gasteiger partial charge in [0.25, 0.3) is 11.8 Å². The van der Waals surface area contributed by atoms with Crippen LogP contribution in [0.2, 0.25) is 0 Å². The third kappa shape index (κ3) is 5.71. The predicted octanol–water partition coefficient (Wildman–Crippen LogP) is 2.94. The number of carbonyl (C=O) groups is 3. The number of ether oxygens (including phenoxy) is 2. The maximum absolute atomic E-state index is 12.1. The summed E-state index contributed by atoms with van der Waals surface area (Å²) in [5.74, 6) is -2.44. The average Bonchev–Trinajstić information content (AvgIpc) is 3.14. The van der Waals surface area contributed by atoms with E-state index in [2.05, 4.69) is 9.72 Å². The molecule has 1 N–H and O–H groups in total. The van der Waals surface area contributed by atoms with Gasteiger partial charge >= 0.3 is 12.6 Å². The standard InChI is InChI=1S/C20H14F2N2O6/c21-20(22)29-13-7-5-12(6-8-13)19(27)24-16(25)11-28-18(26)10-9-17-23-14-3-1-2-4-15(14)30-17/h1-10,20H,11H2,(H,24,25,27)/b10-9+. The fourth-order valence-corrected chi connectivity index (χ4v) is 2.31. The maximum atomic E-state index is 12.1. The van der Waals surface area contributed by atoms with Gasteiger partial charge in [-0.3, -0.25) is 14.9 Å². The summed E-state index contributed by atoms with van der Waals surface area (Å²) >= 11 is 0. The number of rotatable bonds is 7. The van der Waals surface area contributed by atoms with Gasteiger partial charge in [-0.05, 0) is 36.4 Å². The first-order valence-electron chi connectivity index (χ1n) is 8.50. The van der Waals surface area contributed by atoms with Crippen LogP contribution in [0.15, 0.2) is 59.0 Å². The van der Waals surface area contributed by atoms with Crippen LogP contribution in [-0.4, -0.2) is 36.0 Å². The Morgan fingerprint density at radius 1 is 1.10 bits per heavy atom. The zero-order valence-electron chi connectivity index (χ0n) is 15.2. The molecule has 0 aliphatic heterocycles. The number of oxazole rings is 1. The number of alkyl halides is 2. The summed E-state index contributed by atoms with van der Waals surface area (Å²) in [4.78, 5) is 39.5. The Kier molecular flexibility index (Phi) is 6.48. The lowest BCUT2D eigenvalue weighted by Gasteiger charge is -2.06. The molecule has 1 heterocycles. The number of nitrogens with one attached hydrogen (secondary N) is 1. The summed E-state index contributed by atoms with van der Waals surface area (Å²) in [7, 11) is 0. The monoisotopic (exact) mass is 416 g/mol. The van der Waals surface area contributed by atoms with Gasteiger partial charge in [0.15, 0.2) is 12.2 Å². The minimum absolute atomic E-state index is 0.0344. The van der Waals surface area contributed by atoms with Crippen molar-refractivity contribution in [3.63, 3.8) is 0 Å². The van der Waals surface area contributed by atoms with Crippen LogP contribution in [0.1, 0.15) is 16.2 Å². The van der Waals surface area contributed by atoms with E-state index < -0.39 is 31.0 Å². The Bertz CT molecular complexity index is 1060. The van der Waals surface area contributed by atoms with Crippen molar-refractivity contribution in [3.8, 4) is 5.75 Å². The van der Waals surface area contributed by atoms with Crippen molar-refractivity contribution in [2.75, 3.05) is 6.61 Å². The lowest BCUT2D eigenvalue weighted by Crippen LogP contribution is -2.34. The number of carbonyl (C=O) groups excluding carboxylic acids is 3. The Morgan fingerprint density at radius 2 is 1.83 bits per heavy atom. The number of para-hydroxylation sites is 2. The molecule has 3 aromatic rings. The van der Waals surface area contributed by atoms with Gasteiger partial charge in [0.1, 0.15) is 11.3 Å². The number of benzene rings is 2. The number of hydrogen-bond donors (Lipinski definition) is 1. The second-order valence-electron chi connectivity index (χ2n) is 5.74. The van der Waals surface area contributed by atoms with Crippen LogP contribution < -0.4 is 10.1 Å². The summed E-state index contributed by atoms with van der Waals surface area (Å²) in [5, 5.41) is 2.00. The predicted molar refractivity (Wildman–Crippen MR) is 99.5 cm³/mol. The summed E-state index contributed by atoms with van der Waals surface area (Å²) in [5.41, 5.74) is 1.21. The number of esters is 1. The molecule has 0 radical (unpaired) electrons. The molecular formula is C20H14F2N2O6. The first kappa shape index (κ1) is 20.6. The normalized spacial score (nSPS) is 11.0. The highest BCUT2D eigenvalue weighted by Crippen LogP contribution is 2.16. The van der Waals surface area contributed by atoms with Gasteiger partial charge < -0.3 is 13.9 Å². The third-order valence-electron chi connectivity index (χ3n) is 3.61. The second-order valence-corrected chi connectivity index (χ2v) is 5.74. The molecule has 154 valence electrons. The van der Waals surface area contributed by atoms with Crippen molar-refractivity contribution < 1.29 is 37.1 Å². The SMILES string of the molecule is O=C(COC(=O)/C=C/c1nc2ccccc2o1)NC(=O)c1ccc(OC(F)F)cc1. The van der Waals surface area contributed by atoms with Crippen LogP contribution in [0, 0.1) is 0 Å². The fraction of sp³-hybridized carbons (Fsp3) is 0.100. The molecule has 0 fully saturated rings. The van der Waals surface area contributed by atoms with Gasteiger partial charge in [-0.2, -0.15) is 8.78 Å². The summed E-state index contributed by atoms with van der Waals surface area (Å²) in [6, 6.07) is 11.8. The molecule has 1 aromatic heterocycles. The van der Waals surface area contributed by atoms with E-state index in [-0.39, 0.29) is 17.2 Å². The quantitative estimate of drug-likeness (QED) is 0.466. The molecule has 0 bridgehead atoms. The molecule has 0 saturated carbocycles. The number of aromatic nitrogens is 1. The second kappa shape index (κ2) is 9.41. The van der Waals surface area contributed by atoms with Crippen molar-refractivity contribution in [3.05, 3.63) is 66.1 Å². The van der Waals surface area contributed by atoms with E-state index in [9.17, 15) is 23.2 Å². The van der Waals surface area contributed by atoms with Crippen LogP contribution in [0.25, 0.3) is 17.2 Å². The molecule has 10 heteroatoms. The van der Waals surface area contributed by atoms with Crippen LogP contribution in [0.3, 0.4) is 0 Å². The lowest BCUT2D eigenvalue weighted by molar-refractivity contribution is -0.143. The van der Waals surface area contributed by atoms with E-state index in [1.54, 1.807) is 24.3 Å². The maximum Gasteiger partial charge on any atom is 0.387 e. The Balaban J connectivity index is 1.46. The topological polar surface area (TPSA) is 108 Å². The van der Waals surface area contributed by atoms with E-state index in [4.69, 9.17) is 9.15 Å². The van der Waals surface area contributed by atoms with E-state index in [0.717, 1.165) is 18.2 Å². The number of hydrogen-bond acceptors (Lipinski definition) is 7. The van der Waals surface area contributed by atoms with Gasteiger partial charge in [-0.1, -0.05) is 12.1 Å². The van der Waals surface area contributed by atoms with Gasteiger partial charge in [-0.15, -0.1) is 0 Å². The minimum Gasteiger partial charge on any atom is -0.452 e. The van der Waals surface area contributed by atoms with Crippen LogP contribution in [0.5, 0.6) is 5.75 Å². The van der Waals surface area contributed by atoms with Crippen LogP contribution in [-0.2, 0) is 14.3 Å². The summed E-state index contributed by atoms with van der Waals surface area (Å²) in [6.45, 7) is -3.69. The molecule has 2 amide bonds. The number of halogens is 2. The Hall–Kier alpha value is -4.08. The molecule has 0 aliphatic rings. The number of imide groups is 1. The molecule has 2 aromatic carbocycles. The molecule has 0 unspecified atom stereocenters. The van der Waals surface area contributed by atoms with E-state index in [0.29, 0.717) is 11.1 Å². The largest absolute Gasteiger partial charge is 0.452 e. The summed E-state index contributed by atoms with van der Waals surface area (Å²) in [6.07, 6.45) is 2.32. The van der Waals surface area contributed by atoms with Crippen molar-refractivity contribution in [1.29, 1.82) is 0 Å². The molecular weight excluding hydrogens is 402 g/mol. The van der Waals surface area contributed by atoms with Crippen molar-refractivity contribution >= 4 is 35.0 Å². The fourth-order valence-electron chi connectivity index (χ4n) is 2.31. The minimum atomic E-state index is -2.99. The highest BCUT2D eigenvalue weighted by molar-refractivity contribution is 6.05. The Labute approximate surface area is 168 Å². The van der Waals surface area contributed by atoms with Gasteiger partial charge in [-0.25, -0.2) is 9.78 Å². The van der Waals surface area contributed by atoms with Gasteiger partial charge in [0.05, 0.1) is 0 Å². The number of nitrogens with zero attached hydrogens (tertiary/aromatic N) is 1. The van der Waals surface area contributed by atoms with Crippen LogP contribution >= 0.6 is 0 Å². The van der Waals surface area contributed by atoms with Crippen molar-refractivity contribution in [1.82, 2.24) is 10.3 Å². The average molecular weight is 416 g/mol. The molecule has 3 rings (SSSR count). The zero-order valence-corrected chi connectivity index (χ0v) is 15.2. The first-order valence-corrected chi connectivity index (χ1v) is 8.50. The molecule has 0 spiro atoms. The van der Waals surface area contributed by atoms with Crippen LogP contribution in [0.4, 0.5) is 8.78 Å². The van der Waals surface area contributed by atoms with E-state index in [1.807, 2.05) is 5.32 Å². The highest BCUT2D eigenvalue weighted by atomic mass is 19.3. The van der Waals surface area contributed by atoms with Crippen molar-refractivity contribution in [2.24, 2.45) is 0 Å². The Morgan fingerprint density at radius 3 is 2.53 bits per heavy atom. The van der Waals surface area contributed by atoms with Gasteiger partial charge in [0.2, 0.25) is 5.89 Å². The summed E-state index contributed by atoms with van der Waals surface area (Å²) < 4.78 is 38.5. The van der Waals surface area contributed by atoms with E-state index in [1.165, 1.54) is 18.2 Å². The molecule has 30 heavy (non-hydrogen) atoms. The first-order chi connectivity index (χ1) is 14.4. The van der Waals surface area contributed by atoms with Gasteiger partial charge in [0, 0.05) is 17.7 Å². The molecule has 8 nitrogen and oxygen atoms in total. The van der Waals surface area contributed by atoms with E-state index >= 15 is 0 Å². The number of amides is 2. The lowest BCUT2D eigenvalue weighted by atomic mass is 10.2. The third-order valence-corrected chi connectivity index (χ3v) is 3.61. The van der Waals surface area contributed by atoms with Crippen molar-refractivity contribution in [2.45, 2.75) is 6.61 Å². The molecule has 0 aliphatic carbocycles. The zero-order chi connectivity index (χ0) is 21.5. The number of fused-ring (bicyclic) bond motifs is 1. The highest BCUT2D eigenvalue weighted by Gasteiger charge is 2.13. The molecule has 0 atom stereocenters. The smallest absolute Gasteiger partial charge is 0.387 e.